The Kier molecular flexibility index (Phi) is 209. The van der Waals surface area contributed by atoms with Gasteiger partial charge in [0.15, 0.2) is 0 Å². The fraction of sp³-hybridized carbons (Fsp3) is 0. The van der Waals surface area contributed by atoms with Crippen molar-refractivity contribution in [2.75, 3.05) is 0 Å². The molecule has 0 amide bonds. The third-order valence-corrected chi connectivity index (χ3v) is 0. The average molecular weight is 496 g/mol. The van der Waals surface area contributed by atoms with E-state index in [2.05, 4.69) is 0 Å². The molecule has 0 N–H and O–H groups in total. The molecule has 0 aromatic carbocycles. The van der Waals surface area contributed by atoms with Gasteiger partial charge in [-0.1, -0.05) is 0 Å². The molecule has 0 fully saturated rings. The molecule has 0 saturated heterocycles. The standard InChI is InChI=1S/Cd.Cr.Cu.Ni.Pb.2H. The van der Waals surface area contributed by atoms with Crippen LogP contribution in [0.4, 0.5) is 0 Å². The van der Waals surface area contributed by atoms with Crippen molar-refractivity contribution < 1.29 is 78.2 Å². The third kappa shape index (κ3) is 18.7. The molecule has 0 rings (SSSR count). The summed E-state index contributed by atoms with van der Waals surface area (Å²) < 4.78 is 0. The number of rotatable bonds is 0. The molecule has 0 unspecified atom stereocenters. The fourth-order valence-corrected chi connectivity index (χ4v) is 0. The van der Waals surface area contributed by atoms with E-state index in [0.717, 1.165) is 0 Å². The summed E-state index contributed by atoms with van der Waals surface area (Å²) in [6, 6.07) is 0. The molecular formula is H2CdCrCuNiPb. The Labute approximate surface area is 103 Å². The first-order valence-corrected chi connectivity index (χ1v) is 0. The van der Waals surface area contributed by atoms with Gasteiger partial charge in [-0.25, -0.2) is 0 Å². The van der Waals surface area contributed by atoms with E-state index in [1.807, 2.05) is 0 Å². The second-order valence-electron chi connectivity index (χ2n) is 0. The van der Waals surface area contributed by atoms with Crippen molar-refractivity contribution in [1.29, 1.82) is 0 Å². The normalized spacial score (nSPS) is 0. The second kappa shape index (κ2) is 26.3. The van der Waals surface area contributed by atoms with Gasteiger partial charge in [-0.3, -0.25) is 0 Å². The zero-order valence-electron chi connectivity index (χ0n) is 2.44. The summed E-state index contributed by atoms with van der Waals surface area (Å²) >= 11 is 0. The van der Waals surface area contributed by atoms with E-state index in [9.17, 15) is 0 Å². The summed E-state index contributed by atoms with van der Waals surface area (Å²) in [5.41, 5.74) is 0. The Morgan fingerprint density at radius 3 is 1.00 bits per heavy atom. The van der Waals surface area contributed by atoms with Gasteiger partial charge in [-0.2, -0.15) is 0 Å². The van der Waals surface area contributed by atoms with E-state index in [-0.39, 0.29) is 106 Å². The Morgan fingerprint density at radius 1 is 1.00 bits per heavy atom. The Balaban J connectivity index is 0. The molecular weight excluding hydrogens is 494 g/mol. The van der Waals surface area contributed by atoms with Gasteiger partial charge in [0.1, 0.15) is 0 Å². The van der Waals surface area contributed by atoms with Gasteiger partial charge in [-0.05, 0) is 0 Å². The summed E-state index contributed by atoms with van der Waals surface area (Å²) in [4.78, 5) is 0. The van der Waals surface area contributed by atoms with Gasteiger partial charge in [-0.15, -0.1) is 0 Å². The van der Waals surface area contributed by atoms with Gasteiger partial charge in [0.2, 0.25) is 0 Å². The minimum atomic E-state index is 0. The topological polar surface area (TPSA) is 0 Å². The maximum absolute atomic E-state index is 0. The summed E-state index contributed by atoms with van der Waals surface area (Å²) in [7, 11) is 0. The van der Waals surface area contributed by atoms with E-state index in [1.54, 1.807) is 0 Å². The minimum absolute atomic E-state index is 0. The van der Waals surface area contributed by atoms with Crippen molar-refractivity contribution >= 4 is 27.3 Å². The maximum atomic E-state index is 0. The summed E-state index contributed by atoms with van der Waals surface area (Å²) in [5.74, 6) is 0. The van der Waals surface area contributed by atoms with E-state index in [0.29, 0.717) is 0 Å². The van der Waals surface area contributed by atoms with Gasteiger partial charge < -0.3 is 0 Å². The molecule has 0 aliphatic rings. The van der Waals surface area contributed by atoms with Crippen LogP contribution in [-0.4, -0.2) is 27.3 Å². The molecule has 5 heavy (non-hydrogen) atoms. The van der Waals surface area contributed by atoms with Gasteiger partial charge in [0.05, 0.1) is 0 Å². The Bertz CT molecular complexity index is 11.6. The van der Waals surface area contributed by atoms with E-state index >= 15 is 0 Å². The van der Waals surface area contributed by atoms with Crippen LogP contribution in [0.2, 0.25) is 0 Å². The van der Waals surface area contributed by atoms with Crippen LogP contribution in [0, 0.1) is 0 Å². The predicted octanol–water partition coefficient (Wildman–Crippen LogP) is -0.926. The monoisotopic (exact) mass is 497 g/mol. The van der Waals surface area contributed by atoms with E-state index in [4.69, 9.17) is 0 Å². The fourth-order valence-electron chi connectivity index (χ4n) is 0. The van der Waals surface area contributed by atoms with E-state index < -0.39 is 0 Å². The van der Waals surface area contributed by atoms with E-state index in [1.165, 1.54) is 0 Å². The van der Waals surface area contributed by atoms with Crippen molar-refractivity contribution in [3.63, 3.8) is 0 Å². The van der Waals surface area contributed by atoms with Crippen LogP contribution in [0.3, 0.4) is 0 Å². The van der Waals surface area contributed by atoms with Crippen LogP contribution in [0.1, 0.15) is 0 Å². The summed E-state index contributed by atoms with van der Waals surface area (Å²) in [6.45, 7) is 0. The molecule has 0 atom stereocenters. The Hall–Kier alpha value is 3.39. The number of hydrogen-bond acceptors (Lipinski definition) is 0. The van der Waals surface area contributed by atoms with Crippen LogP contribution < -0.4 is 0 Å². The van der Waals surface area contributed by atoms with Crippen LogP contribution in [0.15, 0.2) is 0 Å². The van der Waals surface area contributed by atoms with Crippen LogP contribution in [0.5, 0.6) is 0 Å². The van der Waals surface area contributed by atoms with Crippen molar-refractivity contribution in [2.24, 2.45) is 0 Å². The van der Waals surface area contributed by atoms with Gasteiger partial charge in [0.25, 0.3) is 0 Å². The molecule has 0 aliphatic heterocycles. The molecule has 3 radical (unpaired) electrons. The van der Waals surface area contributed by atoms with Crippen molar-refractivity contribution in [1.82, 2.24) is 0 Å². The molecule has 0 spiro atoms. The quantitative estimate of drug-likeness (QED) is 0.381. The Morgan fingerprint density at radius 2 is 1.00 bits per heavy atom. The van der Waals surface area contributed by atoms with Gasteiger partial charge in [0, 0.05) is 78.2 Å². The molecule has 5 heteroatoms. The van der Waals surface area contributed by atoms with Crippen LogP contribution in [-0.2, 0) is 78.2 Å². The zero-order chi connectivity index (χ0) is 0. The van der Waals surface area contributed by atoms with Crippen molar-refractivity contribution in [3.05, 3.63) is 0 Å². The molecule has 0 aliphatic carbocycles. The molecule has 35 valence electrons. The molecule has 0 nitrogen and oxygen atoms in total. The summed E-state index contributed by atoms with van der Waals surface area (Å²) in [5, 5.41) is 0. The third-order valence-electron chi connectivity index (χ3n) is 0. The molecule has 0 saturated carbocycles. The SMILES string of the molecule is [Cd].[Cr].[Cu].[Ni].[PbH2]. The molecule has 0 heterocycles. The molecule has 0 aromatic rings. The van der Waals surface area contributed by atoms with Gasteiger partial charge >= 0.3 is 27.3 Å². The average Bonchev–Trinajstić information content (AvgIpc) is 0. The first kappa shape index (κ1) is 39.9. The molecule has 0 bridgehead atoms. The predicted molar refractivity (Wildman–Crippen MR) is 8.54 cm³/mol. The van der Waals surface area contributed by atoms with Crippen molar-refractivity contribution in [3.8, 4) is 0 Å². The number of hydrogen-bond donors (Lipinski definition) is 0. The molecule has 0 aromatic heterocycles. The van der Waals surface area contributed by atoms with Crippen molar-refractivity contribution in [2.45, 2.75) is 0 Å². The zero-order valence-corrected chi connectivity index (χ0v) is 15.2. The first-order chi connectivity index (χ1) is 0. The summed E-state index contributed by atoms with van der Waals surface area (Å²) in [6.07, 6.45) is 0. The van der Waals surface area contributed by atoms with Crippen LogP contribution in [0.25, 0.3) is 0 Å². The first-order valence-electron chi connectivity index (χ1n) is 0. The second-order valence-corrected chi connectivity index (χ2v) is 0. The van der Waals surface area contributed by atoms with Crippen LogP contribution >= 0.6 is 0 Å².